The number of fused-ring (bicyclic) bond motifs is 1. The topological polar surface area (TPSA) is 52.6 Å². The SMILES string of the molecule is CS(=O)(=O)O[C@@H]1CCOc2ccccc2C1. The Hall–Kier alpha value is -1.07. The van der Waals surface area contributed by atoms with Gasteiger partial charge in [-0.1, -0.05) is 18.2 Å². The molecule has 1 aromatic rings. The van der Waals surface area contributed by atoms with Gasteiger partial charge in [-0.15, -0.1) is 0 Å². The van der Waals surface area contributed by atoms with Crippen LogP contribution >= 0.6 is 0 Å². The lowest BCUT2D eigenvalue weighted by molar-refractivity contribution is 0.182. The van der Waals surface area contributed by atoms with Gasteiger partial charge in [0, 0.05) is 12.8 Å². The first-order valence-electron chi connectivity index (χ1n) is 5.13. The van der Waals surface area contributed by atoms with Crippen LogP contribution in [0.3, 0.4) is 0 Å². The summed E-state index contributed by atoms with van der Waals surface area (Å²) < 4.78 is 32.6. The van der Waals surface area contributed by atoms with Crippen LogP contribution < -0.4 is 4.74 Å². The Labute approximate surface area is 95.3 Å². The number of rotatable bonds is 2. The third kappa shape index (κ3) is 2.96. The van der Waals surface area contributed by atoms with Crippen LogP contribution in [0.25, 0.3) is 0 Å². The first-order valence-corrected chi connectivity index (χ1v) is 6.95. The molecule has 0 amide bonds. The maximum absolute atomic E-state index is 11.1. The molecule has 88 valence electrons. The largest absolute Gasteiger partial charge is 0.493 e. The van der Waals surface area contributed by atoms with Crippen LogP contribution in [0.4, 0.5) is 0 Å². The molecule has 0 saturated carbocycles. The van der Waals surface area contributed by atoms with Crippen LogP contribution in [0.2, 0.25) is 0 Å². The predicted molar refractivity (Wildman–Crippen MR) is 60.0 cm³/mol. The molecule has 0 N–H and O–H groups in total. The molecular weight excluding hydrogens is 228 g/mol. The van der Waals surface area contributed by atoms with Crippen LogP contribution in [0.15, 0.2) is 24.3 Å². The Morgan fingerprint density at radius 1 is 1.38 bits per heavy atom. The summed E-state index contributed by atoms with van der Waals surface area (Å²) in [4.78, 5) is 0. The molecule has 1 aromatic carbocycles. The van der Waals surface area contributed by atoms with E-state index < -0.39 is 10.1 Å². The summed E-state index contributed by atoms with van der Waals surface area (Å²) in [6.07, 6.45) is 1.91. The third-order valence-corrected chi connectivity index (χ3v) is 3.05. The Bertz CT molecular complexity index is 467. The maximum atomic E-state index is 11.1. The summed E-state index contributed by atoms with van der Waals surface area (Å²) in [5, 5.41) is 0. The monoisotopic (exact) mass is 242 g/mol. The number of hydrogen-bond donors (Lipinski definition) is 0. The zero-order chi connectivity index (χ0) is 11.6. The molecule has 0 radical (unpaired) electrons. The molecule has 1 aliphatic heterocycles. The molecule has 0 spiro atoms. The van der Waals surface area contributed by atoms with Crippen molar-refractivity contribution < 1.29 is 17.3 Å². The van der Waals surface area contributed by atoms with Gasteiger partial charge in [-0.05, 0) is 11.6 Å². The average Bonchev–Trinajstić information content (AvgIpc) is 2.36. The smallest absolute Gasteiger partial charge is 0.264 e. The quantitative estimate of drug-likeness (QED) is 0.735. The molecule has 0 aromatic heterocycles. The number of benzene rings is 1. The van der Waals surface area contributed by atoms with Gasteiger partial charge in [0.1, 0.15) is 5.75 Å². The van der Waals surface area contributed by atoms with Crippen LogP contribution in [0.5, 0.6) is 5.75 Å². The van der Waals surface area contributed by atoms with Gasteiger partial charge < -0.3 is 4.74 Å². The Morgan fingerprint density at radius 2 is 2.12 bits per heavy atom. The molecule has 0 aliphatic carbocycles. The van der Waals surface area contributed by atoms with Gasteiger partial charge in [0.15, 0.2) is 0 Å². The van der Waals surface area contributed by atoms with E-state index in [1.165, 1.54) is 0 Å². The standard InChI is InChI=1S/C11H14O4S/c1-16(12,13)15-10-6-7-14-11-5-3-2-4-9(11)8-10/h2-5,10H,6-8H2,1H3/t10-/m1/s1. The van der Waals surface area contributed by atoms with E-state index in [9.17, 15) is 8.42 Å². The van der Waals surface area contributed by atoms with Crippen molar-refractivity contribution in [1.29, 1.82) is 0 Å². The van der Waals surface area contributed by atoms with Crippen LogP contribution in [0.1, 0.15) is 12.0 Å². The van der Waals surface area contributed by atoms with Crippen molar-refractivity contribution in [2.45, 2.75) is 18.9 Å². The van der Waals surface area contributed by atoms with Crippen molar-refractivity contribution in [3.05, 3.63) is 29.8 Å². The van der Waals surface area contributed by atoms with E-state index in [1.807, 2.05) is 24.3 Å². The minimum atomic E-state index is -3.40. The second-order valence-corrected chi connectivity index (χ2v) is 5.47. The van der Waals surface area contributed by atoms with E-state index in [0.717, 1.165) is 17.6 Å². The molecule has 2 rings (SSSR count). The van der Waals surface area contributed by atoms with Crippen molar-refractivity contribution >= 4 is 10.1 Å². The summed E-state index contributed by atoms with van der Waals surface area (Å²) >= 11 is 0. The molecule has 0 bridgehead atoms. The highest BCUT2D eigenvalue weighted by atomic mass is 32.2. The lowest BCUT2D eigenvalue weighted by Crippen LogP contribution is -2.20. The van der Waals surface area contributed by atoms with E-state index >= 15 is 0 Å². The zero-order valence-corrected chi connectivity index (χ0v) is 9.87. The minimum Gasteiger partial charge on any atom is -0.493 e. The highest BCUT2D eigenvalue weighted by Crippen LogP contribution is 2.25. The van der Waals surface area contributed by atoms with Crippen molar-refractivity contribution in [3.8, 4) is 5.75 Å². The first kappa shape index (κ1) is 11.4. The van der Waals surface area contributed by atoms with Gasteiger partial charge in [-0.2, -0.15) is 8.42 Å². The summed E-state index contributed by atoms with van der Waals surface area (Å²) in [6, 6.07) is 7.62. The van der Waals surface area contributed by atoms with Gasteiger partial charge in [0.25, 0.3) is 10.1 Å². The molecule has 16 heavy (non-hydrogen) atoms. The van der Waals surface area contributed by atoms with E-state index in [-0.39, 0.29) is 6.10 Å². The molecule has 1 atom stereocenters. The van der Waals surface area contributed by atoms with Gasteiger partial charge >= 0.3 is 0 Å². The average molecular weight is 242 g/mol. The second kappa shape index (κ2) is 4.43. The molecule has 4 nitrogen and oxygen atoms in total. The molecular formula is C11H14O4S. The third-order valence-electron chi connectivity index (χ3n) is 2.43. The van der Waals surface area contributed by atoms with Crippen molar-refractivity contribution in [2.75, 3.05) is 12.9 Å². The summed E-state index contributed by atoms with van der Waals surface area (Å²) in [5.74, 6) is 0.821. The highest BCUT2D eigenvalue weighted by molar-refractivity contribution is 7.86. The Balaban J connectivity index is 2.17. The molecule has 0 fully saturated rings. The van der Waals surface area contributed by atoms with Crippen molar-refractivity contribution in [1.82, 2.24) is 0 Å². The lowest BCUT2D eigenvalue weighted by Gasteiger charge is -2.12. The lowest BCUT2D eigenvalue weighted by atomic mass is 10.1. The summed E-state index contributed by atoms with van der Waals surface area (Å²) in [6.45, 7) is 0.483. The van der Waals surface area contributed by atoms with E-state index in [2.05, 4.69) is 0 Å². The zero-order valence-electron chi connectivity index (χ0n) is 9.05. The highest BCUT2D eigenvalue weighted by Gasteiger charge is 2.21. The normalized spacial score (nSPS) is 20.7. The van der Waals surface area contributed by atoms with E-state index in [1.54, 1.807) is 0 Å². The van der Waals surface area contributed by atoms with Crippen LogP contribution in [-0.2, 0) is 20.7 Å². The molecule has 0 unspecified atom stereocenters. The van der Waals surface area contributed by atoms with Gasteiger partial charge in [0.05, 0.1) is 19.0 Å². The van der Waals surface area contributed by atoms with Gasteiger partial charge in [-0.25, -0.2) is 0 Å². The number of para-hydroxylation sites is 1. The van der Waals surface area contributed by atoms with E-state index in [0.29, 0.717) is 19.4 Å². The van der Waals surface area contributed by atoms with E-state index in [4.69, 9.17) is 8.92 Å². The number of ether oxygens (including phenoxy) is 1. The predicted octanol–water partition coefficient (Wildman–Crippen LogP) is 1.36. The van der Waals surface area contributed by atoms with Crippen LogP contribution in [-0.4, -0.2) is 27.4 Å². The Morgan fingerprint density at radius 3 is 2.88 bits per heavy atom. The van der Waals surface area contributed by atoms with Gasteiger partial charge in [-0.3, -0.25) is 4.18 Å². The fourth-order valence-corrected chi connectivity index (χ4v) is 2.45. The fourth-order valence-electron chi connectivity index (χ4n) is 1.79. The molecule has 5 heteroatoms. The fraction of sp³-hybridized carbons (Fsp3) is 0.455. The van der Waals surface area contributed by atoms with Gasteiger partial charge in [0.2, 0.25) is 0 Å². The number of hydrogen-bond acceptors (Lipinski definition) is 4. The maximum Gasteiger partial charge on any atom is 0.264 e. The molecule has 0 saturated heterocycles. The molecule has 1 heterocycles. The first-order chi connectivity index (χ1) is 7.54. The summed E-state index contributed by atoms with van der Waals surface area (Å²) in [7, 11) is -3.40. The molecule has 1 aliphatic rings. The second-order valence-electron chi connectivity index (χ2n) is 3.87. The van der Waals surface area contributed by atoms with Crippen molar-refractivity contribution in [3.63, 3.8) is 0 Å². The van der Waals surface area contributed by atoms with Crippen molar-refractivity contribution in [2.24, 2.45) is 0 Å². The minimum absolute atomic E-state index is 0.321. The summed E-state index contributed by atoms with van der Waals surface area (Å²) in [5.41, 5.74) is 0.994. The van der Waals surface area contributed by atoms with Crippen LogP contribution in [0, 0.1) is 0 Å². The Kier molecular flexibility index (Phi) is 3.16.